The normalized spacial score (nSPS) is 18.4. The predicted octanol–water partition coefficient (Wildman–Crippen LogP) is 3.85. The molecule has 0 bridgehead atoms. The second-order valence-electron chi connectivity index (χ2n) is 5.74. The van der Waals surface area contributed by atoms with E-state index in [0.717, 1.165) is 19.1 Å². The Morgan fingerprint density at radius 3 is 2.63 bits per heavy atom. The minimum Gasteiger partial charge on any atom is -0.372 e. The predicted molar refractivity (Wildman–Crippen MR) is 80.4 cm³/mol. The van der Waals surface area contributed by atoms with E-state index in [2.05, 4.69) is 36.5 Å². The van der Waals surface area contributed by atoms with Crippen LogP contribution in [-0.2, 0) is 4.74 Å². The van der Waals surface area contributed by atoms with Gasteiger partial charge in [-0.1, -0.05) is 43.5 Å². The molecule has 1 atom stereocenters. The van der Waals surface area contributed by atoms with Crippen LogP contribution in [0.4, 0.5) is 0 Å². The zero-order valence-corrected chi connectivity index (χ0v) is 12.3. The molecule has 2 rings (SSSR count). The third kappa shape index (κ3) is 4.32. The van der Waals surface area contributed by atoms with Crippen molar-refractivity contribution < 1.29 is 4.74 Å². The van der Waals surface area contributed by atoms with Crippen LogP contribution in [-0.4, -0.2) is 20.2 Å². The zero-order valence-electron chi connectivity index (χ0n) is 12.3. The van der Waals surface area contributed by atoms with Crippen LogP contribution in [0, 0.1) is 12.8 Å². The summed E-state index contributed by atoms with van der Waals surface area (Å²) in [5, 5.41) is 3.26. The van der Waals surface area contributed by atoms with Crippen LogP contribution in [0.2, 0.25) is 0 Å². The topological polar surface area (TPSA) is 21.3 Å². The fourth-order valence-electron chi connectivity index (χ4n) is 3.00. The third-order valence-electron chi connectivity index (χ3n) is 4.18. The van der Waals surface area contributed by atoms with Gasteiger partial charge in [0.05, 0.1) is 12.7 Å². The van der Waals surface area contributed by atoms with Crippen LogP contribution >= 0.6 is 0 Å². The van der Waals surface area contributed by atoms with Crippen LogP contribution in [0.1, 0.15) is 49.3 Å². The molecule has 1 aliphatic rings. The highest BCUT2D eigenvalue weighted by molar-refractivity contribution is 5.28. The molecule has 1 saturated carbocycles. The maximum Gasteiger partial charge on any atom is 0.0951 e. The highest BCUT2D eigenvalue weighted by Crippen LogP contribution is 2.27. The van der Waals surface area contributed by atoms with Gasteiger partial charge in [0.25, 0.3) is 0 Å². The number of aryl methyl sites for hydroxylation is 1. The summed E-state index contributed by atoms with van der Waals surface area (Å²) in [5.74, 6) is 0.775. The van der Waals surface area contributed by atoms with Crippen LogP contribution in [0.5, 0.6) is 0 Å². The molecule has 1 aromatic rings. The number of nitrogens with one attached hydrogen (secondary N) is 1. The molecule has 1 N–H and O–H groups in total. The molecule has 0 heterocycles. The molecule has 2 nitrogen and oxygen atoms in total. The van der Waals surface area contributed by atoms with Gasteiger partial charge in [-0.3, -0.25) is 0 Å². The summed E-state index contributed by atoms with van der Waals surface area (Å²) in [7, 11) is 2.00. The Bertz CT molecular complexity index is 371. The van der Waals surface area contributed by atoms with E-state index in [1.807, 2.05) is 7.05 Å². The molecule has 0 radical (unpaired) electrons. The Kier molecular flexibility index (Phi) is 5.87. The lowest BCUT2D eigenvalue weighted by Crippen LogP contribution is -2.23. The smallest absolute Gasteiger partial charge is 0.0951 e. The Balaban J connectivity index is 1.94. The summed E-state index contributed by atoms with van der Waals surface area (Å²) in [6, 6.07) is 8.56. The molecule has 0 saturated heterocycles. The lowest BCUT2D eigenvalue weighted by Gasteiger charge is -2.26. The summed E-state index contributed by atoms with van der Waals surface area (Å²) in [6.45, 7) is 3.97. The van der Waals surface area contributed by atoms with Crippen molar-refractivity contribution in [2.24, 2.45) is 5.92 Å². The molecule has 2 heteroatoms. The van der Waals surface area contributed by atoms with E-state index in [4.69, 9.17) is 4.74 Å². The fourth-order valence-corrected chi connectivity index (χ4v) is 3.00. The first-order valence-corrected chi connectivity index (χ1v) is 7.63. The Morgan fingerprint density at radius 1 is 1.21 bits per heavy atom. The summed E-state index contributed by atoms with van der Waals surface area (Å²) in [5.41, 5.74) is 2.65. The van der Waals surface area contributed by atoms with Crippen molar-refractivity contribution >= 4 is 0 Å². The Morgan fingerprint density at radius 2 is 1.95 bits per heavy atom. The van der Waals surface area contributed by atoms with E-state index < -0.39 is 0 Å². The van der Waals surface area contributed by atoms with Gasteiger partial charge >= 0.3 is 0 Å². The number of rotatable bonds is 6. The monoisotopic (exact) mass is 261 g/mol. The van der Waals surface area contributed by atoms with Crippen molar-refractivity contribution in [2.45, 2.75) is 45.1 Å². The van der Waals surface area contributed by atoms with E-state index >= 15 is 0 Å². The van der Waals surface area contributed by atoms with Gasteiger partial charge < -0.3 is 10.1 Å². The highest BCUT2D eigenvalue weighted by Gasteiger charge is 2.18. The van der Waals surface area contributed by atoms with E-state index in [9.17, 15) is 0 Å². The third-order valence-corrected chi connectivity index (χ3v) is 4.18. The van der Waals surface area contributed by atoms with Gasteiger partial charge in [0.2, 0.25) is 0 Å². The van der Waals surface area contributed by atoms with Gasteiger partial charge in [-0.15, -0.1) is 0 Å². The molecular formula is C17H27NO. The number of benzene rings is 1. The molecule has 106 valence electrons. The molecule has 0 aromatic heterocycles. The maximum absolute atomic E-state index is 6.23. The molecule has 0 aliphatic heterocycles. The average molecular weight is 261 g/mol. The summed E-state index contributed by atoms with van der Waals surface area (Å²) in [4.78, 5) is 0. The fraction of sp³-hybridized carbons (Fsp3) is 0.647. The number of ether oxygens (including phenoxy) is 1. The van der Waals surface area contributed by atoms with Gasteiger partial charge in [-0.2, -0.15) is 0 Å². The van der Waals surface area contributed by atoms with Crippen molar-refractivity contribution in [3.63, 3.8) is 0 Å². The Labute approximate surface area is 117 Å². The van der Waals surface area contributed by atoms with Gasteiger partial charge in [0.1, 0.15) is 0 Å². The molecule has 1 aromatic carbocycles. The van der Waals surface area contributed by atoms with E-state index in [1.165, 1.54) is 43.2 Å². The van der Waals surface area contributed by atoms with Gasteiger partial charge in [-0.25, -0.2) is 0 Å². The standard InChI is InChI=1S/C17H27NO/c1-14-8-6-7-11-16(14)17(12-18-2)19-13-15-9-4-3-5-10-15/h6-8,11,15,17-18H,3-5,9-10,12-13H2,1-2H3. The van der Waals surface area contributed by atoms with Crippen LogP contribution in [0.3, 0.4) is 0 Å². The van der Waals surface area contributed by atoms with Crippen molar-refractivity contribution in [3.05, 3.63) is 35.4 Å². The number of hydrogen-bond donors (Lipinski definition) is 1. The molecular weight excluding hydrogens is 234 g/mol. The minimum atomic E-state index is 0.188. The van der Waals surface area contributed by atoms with Crippen molar-refractivity contribution in [1.82, 2.24) is 5.32 Å². The minimum absolute atomic E-state index is 0.188. The highest BCUT2D eigenvalue weighted by atomic mass is 16.5. The first-order valence-electron chi connectivity index (χ1n) is 7.63. The summed E-state index contributed by atoms with van der Waals surface area (Å²) >= 11 is 0. The van der Waals surface area contributed by atoms with Crippen molar-refractivity contribution in [3.8, 4) is 0 Å². The van der Waals surface area contributed by atoms with Gasteiger partial charge in [-0.05, 0) is 43.9 Å². The zero-order chi connectivity index (χ0) is 13.5. The summed E-state index contributed by atoms with van der Waals surface area (Å²) in [6.07, 6.45) is 7.06. The molecule has 1 fully saturated rings. The van der Waals surface area contributed by atoms with E-state index in [0.29, 0.717) is 0 Å². The van der Waals surface area contributed by atoms with E-state index in [-0.39, 0.29) is 6.10 Å². The second kappa shape index (κ2) is 7.66. The van der Waals surface area contributed by atoms with Crippen LogP contribution in [0.25, 0.3) is 0 Å². The molecule has 0 amide bonds. The largest absolute Gasteiger partial charge is 0.372 e. The van der Waals surface area contributed by atoms with Gasteiger partial charge in [0, 0.05) is 6.54 Å². The van der Waals surface area contributed by atoms with Crippen molar-refractivity contribution in [1.29, 1.82) is 0 Å². The number of hydrogen-bond acceptors (Lipinski definition) is 2. The maximum atomic E-state index is 6.23. The first-order chi connectivity index (χ1) is 9.31. The SMILES string of the molecule is CNCC(OCC1CCCCC1)c1ccccc1C. The number of likely N-dealkylation sites (N-methyl/N-ethyl adjacent to an activating group) is 1. The molecule has 0 spiro atoms. The molecule has 1 unspecified atom stereocenters. The lowest BCUT2D eigenvalue weighted by molar-refractivity contribution is 0.0206. The Hall–Kier alpha value is -0.860. The van der Waals surface area contributed by atoms with Gasteiger partial charge in [0.15, 0.2) is 0 Å². The van der Waals surface area contributed by atoms with Crippen molar-refractivity contribution in [2.75, 3.05) is 20.2 Å². The summed E-state index contributed by atoms with van der Waals surface area (Å²) < 4.78 is 6.23. The second-order valence-corrected chi connectivity index (χ2v) is 5.74. The van der Waals surface area contributed by atoms with E-state index in [1.54, 1.807) is 0 Å². The molecule has 19 heavy (non-hydrogen) atoms. The molecule has 1 aliphatic carbocycles. The first kappa shape index (κ1) is 14.5. The van der Waals surface area contributed by atoms with Crippen LogP contribution in [0.15, 0.2) is 24.3 Å². The quantitative estimate of drug-likeness (QED) is 0.839. The van der Waals surface area contributed by atoms with Crippen LogP contribution < -0.4 is 5.32 Å². The average Bonchev–Trinajstić information content (AvgIpc) is 2.45. The lowest BCUT2D eigenvalue weighted by atomic mass is 9.90.